The minimum Gasteiger partial charge on any atom is -0.319 e. The second-order valence-corrected chi connectivity index (χ2v) is 5.90. The van der Waals surface area contributed by atoms with E-state index in [0.717, 1.165) is 30.8 Å². The van der Waals surface area contributed by atoms with Gasteiger partial charge in [-0.05, 0) is 69.6 Å². The normalized spacial score (nSPS) is 24.6. The number of benzene rings is 1. The molecular weight excluding hydrogens is 251 g/mol. The predicted octanol–water partition coefficient (Wildman–Crippen LogP) is 3.52. The molecule has 0 spiro atoms. The summed E-state index contributed by atoms with van der Waals surface area (Å²) < 4.78 is 13.9. The number of aryl methyl sites for hydroxylation is 1. The minimum absolute atomic E-state index is 0.0778. The Morgan fingerprint density at radius 3 is 2.80 bits per heavy atom. The van der Waals surface area contributed by atoms with Crippen molar-refractivity contribution in [2.24, 2.45) is 5.92 Å². The molecule has 0 aromatic heterocycles. The van der Waals surface area contributed by atoms with E-state index in [1.807, 2.05) is 20.0 Å². The van der Waals surface area contributed by atoms with E-state index in [9.17, 15) is 4.39 Å². The van der Waals surface area contributed by atoms with Gasteiger partial charge in [-0.25, -0.2) is 4.39 Å². The van der Waals surface area contributed by atoms with Crippen molar-refractivity contribution >= 4 is 0 Å². The van der Waals surface area contributed by atoms with Crippen LogP contribution in [0.4, 0.5) is 4.39 Å². The number of hydrogen-bond donors (Lipinski definition) is 1. The van der Waals surface area contributed by atoms with Crippen LogP contribution in [0.3, 0.4) is 0 Å². The number of nitrogens with one attached hydrogen (secondary N) is 1. The summed E-state index contributed by atoms with van der Waals surface area (Å²) in [6.07, 6.45) is 3.74. The molecule has 0 saturated carbocycles. The standard InChI is InChI=1S/C17H27FN2/c1-4-20-10-6-5-7-15(12-19-3)17(20)14-9-8-13(2)16(18)11-14/h8-9,11,15,17,19H,4-7,10,12H2,1-3H3. The van der Waals surface area contributed by atoms with Gasteiger partial charge in [0.1, 0.15) is 5.82 Å². The molecule has 2 nitrogen and oxygen atoms in total. The molecule has 1 aromatic carbocycles. The van der Waals surface area contributed by atoms with E-state index in [0.29, 0.717) is 12.0 Å². The van der Waals surface area contributed by atoms with E-state index < -0.39 is 0 Å². The molecule has 1 fully saturated rings. The van der Waals surface area contributed by atoms with Crippen LogP contribution in [0.1, 0.15) is 43.4 Å². The fourth-order valence-electron chi connectivity index (χ4n) is 3.42. The fraction of sp³-hybridized carbons (Fsp3) is 0.647. The van der Waals surface area contributed by atoms with Crippen LogP contribution in [0.15, 0.2) is 18.2 Å². The summed E-state index contributed by atoms with van der Waals surface area (Å²) in [5.74, 6) is 0.482. The Morgan fingerprint density at radius 2 is 2.15 bits per heavy atom. The molecule has 0 aliphatic carbocycles. The van der Waals surface area contributed by atoms with Crippen molar-refractivity contribution in [1.29, 1.82) is 0 Å². The lowest BCUT2D eigenvalue weighted by atomic mass is 9.88. The number of halogens is 1. The lowest BCUT2D eigenvalue weighted by Crippen LogP contribution is -2.36. The van der Waals surface area contributed by atoms with Crippen molar-refractivity contribution < 1.29 is 4.39 Å². The zero-order chi connectivity index (χ0) is 14.5. The average molecular weight is 278 g/mol. The van der Waals surface area contributed by atoms with Crippen LogP contribution in [0, 0.1) is 18.7 Å². The molecule has 2 rings (SSSR count). The lowest BCUT2D eigenvalue weighted by molar-refractivity contribution is 0.162. The molecule has 1 aliphatic rings. The molecule has 2 unspecified atom stereocenters. The summed E-state index contributed by atoms with van der Waals surface area (Å²) in [6.45, 7) is 7.18. The SMILES string of the molecule is CCN1CCCCC(CNC)C1c1ccc(C)c(F)c1. The Balaban J connectivity index is 2.34. The first kappa shape index (κ1) is 15.5. The van der Waals surface area contributed by atoms with Gasteiger partial charge in [-0.3, -0.25) is 4.90 Å². The van der Waals surface area contributed by atoms with E-state index in [2.05, 4.69) is 23.2 Å². The smallest absolute Gasteiger partial charge is 0.126 e. The zero-order valence-electron chi connectivity index (χ0n) is 13.0. The highest BCUT2D eigenvalue weighted by atomic mass is 19.1. The van der Waals surface area contributed by atoms with Crippen LogP contribution >= 0.6 is 0 Å². The first-order chi connectivity index (χ1) is 9.67. The summed E-state index contributed by atoms with van der Waals surface area (Å²) in [7, 11) is 2.01. The van der Waals surface area contributed by atoms with Crippen molar-refractivity contribution in [3.8, 4) is 0 Å². The van der Waals surface area contributed by atoms with Crippen LogP contribution < -0.4 is 5.32 Å². The Bertz CT molecular complexity index is 433. The predicted molar refractivity (Wildman–Crippen MR) is 82.4 cm³/mol. The monoisotopic (exact) mass is 278 g/mol. The highest BCUT2D eigenvalue weighted by molar-refractivity contribution is 5.26. The second kappa shape index (κ2) is 7.19. The van der Waals surface area contributed by atoms with Crippen LogP contribution in [0.2, 0.25) is 0 Å². The number of nitrogens with zero attached hydrogens (tertiary/aromatic N) is 1. The number of rotatable bonds is 4. The average Bonchev–Trinajstić information content (AvgIpc) is 2.64. The fourth-order valence-corrected chi connectivity index (χ4v) is 3.42. The third kappa shape index (κ3) is 3.39. The first-order valence-corrected chi connectivity index (χ1v) is 7.82. The van der Waals surface area contributed by atoms with Crippen molar-refractivity contribution in [1.82, 2.24) is 10.2 Å². The van der Waals surface area contributed by atoms with Gasteiger partial charge in [-0.1, -0.05) is 25.5 Å². The largest absolute Gasteiger partial charge is 0.319 e. The minimum atomic E-state index is -0.0778. The summed E-state index contributed by atoms with van der Waals surface area (Å²) in [4.78, 5) is 2.51. The van der Waals surface area contributed by atoms with Gasteiger partial charge in [0.25, 0.3) is 0 Å². The molecule has 0 radical (unpaired) electrons. The molecular formula is C17H27FN2. The van der Waals surface area contributed by atoms with Crippen LogP contribution in [-0.4, -0.2) is 31.6 Å². The maximum Gasteiger partial charge on any atom is 0.126 e. The van der Waals surface area contributed by atoms with E-state index in [1.54, 1.807) is 6.07 Å². The van der Waals surface area contributed by atoms with Crippen LogP contribution in [0.5, 0.6) is 0 Å². The molecule has 0 bridgehead atoms. The topological polar surface area (TPSA) is 15.3 Å². The first-order valence-electron chi connectivity index (χ1n) is 7.82. The van der Waals surface area contributed by atoms with Crippen molar-refractivity contribution in [2.45, 2.75) is 39.2 Å². The molecule has 1 N–H and O–H groups in total. The summed E-state index contributed by atoms with van der Waals surface area (Å²) in [6, 6.07) is 6.11. The van der Waals surface area contributed by atoms with Gasteiger partial charge in [0.05, 0.1) is 0 Å². The summed E-state index contributed by atoms with van der Waals surface area (Å²) in [5, 5.41) is 3.32. The number of likely N-dealkylation sites (tertiary alicyclic amines) is 1. The van der Waals surface area contributed by atoms with E-state index >= 15 is 0 Å². The molecule has 112 valence electrons. The Hall–Kier alpha value is -0.930. The van der Waals surface area contributed by atoms with Gasteiger partial charge in [-0.2, -0.15) is 0 Å². The van der Waals surface area contributed by atoms with Crippen LogP contribution in [-0.2, 0) is 0 Å². The van der Waals surface area contributed by atoms with Gasteiger partial charge >= 0.3 is 0 Å². The quantitative estimate of drug-likeness (QED) is 0.906. The maximum atomic E-state index is 13.9. The number of hydrogen-bond acceptors (Lipinski definition) is 2. The van der Waals surface area contributed by atoms with Gasteiger partial charge in [0, 0.05) is 6.04 Å². The molecule has 1 saturated heterocycles. The zero-order valence-corrected chi connectivity index (χ0v) is 13.0. The molecule has 1 aromatic rings. The van der Waals surface area contributed by atoms with Crippen molar-refractivity contribution in [3.05, 3.63) is 35.1 Å². The van der Waals surface area contributed by atoms with Crippen LogP contribution in [0.25, 0.3) is 0 Å². The lowest BCUT2D eigenvalue weighted by Gasteiger charge is -2.35. The Kier molecular flexibility index (Phi) is 5.55. The van der Waals surface area contributed by atoms with E-state index in [4.69, 9.17) is 0 Å². The second-order valence-electron chi connectivity index (χ2n) is 5.90. The van der Waals surface area contributed by atoms with Gasteiger partial charge < -0.3 is 5.32 Å². The highest BCUT2D eigenvalue weighted by Crippen LogP contribution is 2.35. The Labute approximate surface area is 122 Å². The third-order valence-corrected chi connectivity index (χ3v) is 4.52. The van der Waals surface area contributed by atoms with Crippen molar-refractivity contribution in [2.75, 3.05) is 26.7 Å². The maximum absolute atomic E-state index is 13.9. The summed E-state index contributed by atoms with van der Waals surface area (Å²) >= 11 is 0. The molecule has 1 aliphatic heterocycles. The van der Waals surface area contributed by atoms with Gasteiger partial charge in [0.2, 0.25) is 0 Å². The summed E-state index contributed by atoms with van der Waals surface area (Å²) in [5.41, 5.74) is 1.87. The van der Waals surface area contributed by atoms with Crippen molar-refractivity contribution in [3.63, 3.8) is 0 Å². The third-order valence-electron chi connectivity index (χ3n) is 4.52. The highest BCUT2D eigenvalue weighted by Gasteiger charge is 2.30. The van der Waals surface area contributed by atoms with Gasteiger partial charge in [-0.15, -0.1) is 0 Å². The molecule has 0 amide bonds. The van der Waals surface area contributed by atoms with E-state index in [-0.39, 0.29) is 5.82 Å². The molecule has 3 heteroatoms. The molecule has 1 heterocycles. The van der Waals surface area contributed by atoms with E-state index in [1.165, 1.54) is 19.3 Å². The molecule has 2 atom stereocenters. The van der Waals surface area contributed by atoms with Gasteiger partial charge in [0.15, 0.2) is 0 Å². The molecule has 20 heavy (non-hydrogen) atoms. The Morgan fingerprint density at radius 1 is 1.35 bits per heavy atom.